The first-order valence-electron chi connectivity index (χ1n) is 9.03. The molecule has 1 saturated heterocycles. The van der Waals surface area contributed by atoms with Crippen LogP contribution in [0.5, 0.6) is 0 Å². The smallest absolute Gasteiger partial charge is 0.250 e. The van der Waals surface area contributed by atoms with Gasteiger partial charge < -0.3 is 10.6 Å². The van der Waals surface area contributed by atoms with Crippen LogP contribution in [0.3, 0.4) is 0 Å². The van der Waals surface area contributed by atoms with E-state index in [0.29, 0.717) is 18.0 Å². The minimum Gasteiger partial charge on any atom is -0.366 e. The van der Waals surface area contributed by atoms with E-state index in [-0.39, 0.29) is 17.7 Å². The van der Waals surface area contributed by atoms with Gasteiger partial charge in [0.15, 0.2) is 0 Å². The number of amides is 2. The number of nitrogens with zero attached hydrogens (tertiary/aromatic N) is 2. The Morgan fingerprint density at radius 2 is 2.04 bits per heavy atom. The van der Waals surface area contributed by atoms with Crippen LogP contribution in [0.4, 0.5) is 0 Å². The first kappa shape index (κ1) is 16.1. The van der Waals surface area contributed by atoms with Crippen molar-refractivity contribution in [2.24, 2.45) is 17.6 Å². The molecule has 25 heavy (non-hydrogen) atoms. The Morgan fingerprint density at radius 3 is 2.76 bits per heavy atom. The number of piperidine rings is 1. The molecule has 0 unspecified atom stereocenters. The number of nitrogens with two attached hydrogens (primary N) is 1. The van der Waals surface area contributed by atoms with E-state index in [1.807, 2.05) is 35.2 Å². The summed E-state index contributed by atoms with van der Waals surface area (Å²) in [6, 6.07) is 9.58. The van der Waals surface area contributed by atoms with Crippen LogP contribution in [-0.2, 0) is 4.79 Å². The molecule has 3 atom stereocenters. The van der Waals surface area contributed by atoms with Crippen LogP contribution in [0.25, 0.3) is 10.9 Å². The predicted molar refractivity (Wildman–Crippen MR) is 96.1 cm³/mol. The van der Waals surface area contributed by atoms with Gasteiger partial charge in [-0.05, 0) is 37.3 Å². The number of benzene rings is 1. The lowest BCUT2D eigenvalue weighted by Gasteiger charge is -2.33. The predicted octanol–water partition coefficient (Wildman–Crippen LogP) is 2.70. The van der Waals surface area contributed by atoms with Crippen LogP contribution in [-0.4, -0.2) is 34.8 Å². The molecule has 2 amide bonds. The number of carbonyl (C=O) groups is 2. The summed E-state index contributed by atoms with van der Waals surface area (Å²) in [6.07, 6.45) is 2.86. The number of pyridine rings is 1. The van der Waals surface area contributed by atoms with Crippen molar-refractivity contribution < 1.29 is 9.59 Å². The number of fused-ring (bicyclic) bond motifs is 1. The first-order valence-corrected chi connectivity index (χ1v) is 9.03. The van der Waals surface area contributed by atoms with Gasteiger partial charge in [-0.25, -0.2) is 0 Å². The molecular weight excluding hydrogens is 314 g/mol. The second kappa shape index (κ2) is 6.14. The van der Waals surface area contributed by atoms with Gasteiger partial charge in [0.2, 0.25) is 5.91 Å². The van der Waals surface area contributed by atoms with Crippen LogP contribution < -0.4 is 5.73 Å². The average molecular weight is 337 g/mol. The zero-order chi connectivity index (χ0) is 17.6. The molecule has 2 aliphatic rings. The number of hydrogen-bond acceptors (Lipinski definition) is 3. The summed E-state index contributed by atoms with van der Waals surface area (Å²) in [5.41, 5.74) is 7.71. The monoisotopic (exact) mass is 337 g/mol. The summed E-state index contributed by atoms with van der Waals surface area (Å²) in [4.78, 5) is 31.3. The van der Waals surface area contributed by atoms with E-state index in [1.54, 1.807) is 0 Å². The number of likely N-dealkylation sites (tertiary alicyclic amines) is 1. The molecule has 2 aromatic rings. The summed E-state index contributed by atoms with van der Waals surface area (Å²) in [6.45, 7) is 3.56. The number of rotatable bonds is 3. The van der Waals surface area contributed by atoms with E-state index >= 15 is 0 Å². The van der Waals surface area contributed by atoms with Gasteiger partial charge in [-0.2, -0.15) is 0 Å². The molecule has 2 N–H and O–H groups in total. The Balaban J connectivity index is 1.66. The van der Waals surface area contributed by atoms with E-state index in [1.165, 1.54) is 0 Å². The molecular formula is C20H23N3O2. The lowest BCUT2D eigenvalue weighted by atomic mass is 9.90. The fraction of sp³-hybridized carbons (Fsp3) is 0.450. The number of hydrogen-bond donors (Lipinski definition) is 1. The molecule has 4 rings (SSSR count). The highest BCUT2D eigenvalue weighted by atomic mass is 16.2. The molecule has 5 heteroatoms. The summed E-state index contributed by atoms with van der Waals surface area (Å²) in [7, 11) is 0. The number of primary amides is 1. The highest BCUT2D eigenvalue weighted by Gasteiger charge is 2.42. The van der Waals surface area contributed by atoms with Crippen LogP contribution in [0.2, 0.25) is 0 Å². The molecule has 130 valence electrons. The quantitative estimate of drug-likeness (QED) is 0.935. The molecule has 5 nitrogen and oxygen atoms in total. The number of aromatic nitrogens is 1. The minimum atomic E-state index is -0.451. The zero-order valence-corrected chi connectivity index (χ0v) is 14.4. The second-order valence-corrected chi connectivity index (χ2v) is 7.42. The second-order valence-electron chi connectivity index (χ2n) is 7.42. The standard InChI is InChI=1S/C20H23N3O2/c1-12-9-15(12)20(25)23-8-4-6-14(11-23)18-16(19(21)24)10-13-5-2-3-7-17(13)22-18/h2-3,5,7,10,12,14-15H,4,6,8-9,11H2,1H3,(H2,21,24)/t12-,14+,15+/m1/s1. The summed E-state index contributed by atoms with van der Waals surface area (Å²) in [5, 5.41) is 0.913. The van der Waals surface area contributed by atoms with Crippen LogP contribution in [0, 0.1) is 11.8 Å². The molecule has 1 aliphatic carbocycles. The fourth-order valence-corrected chi connectivity index (χ4v) is 3.94. The van der Waals surface area contributed by atoms with Crippen molar-refractivity contribution in [2.45, 2.75) is 32.1 Å². The first-order chi connectivity index (χ1) is 12.0. The molecule has 0 spiro atoms. The van der Waals surface area contributed by atoms with Gasteiger partial charge in [-0.1, -0.05) is 25.1 Å². The maximum absolute atomic E-state index is 12.6. The van der Waals surface area contributed by atoms with Crippen molar-refractivity contribution in [1.82, 2.24) is 9.88 Å². The van der Waals surface area contributed by atoms with E-state index in [0.717, 1.165) is 42.4 Å². The van der Waals surface area contributed by atoms with Crippen molar-refractivity contribution in [3.63, 3.8) is 0 Å². The maximum Gasteiger partial charge on any atom is 0.250 e. The van der Waals surface area contributed by atoms with Crippen molar-refractivity contribution in [1.29, 1.82) is 0 Å². The largest absolute Gasteiger partial charge is 0.366 e. The van der Waals surface area contributed by atoms with E-state index in [9.17, 15) is 9.59 Å². The SMILES string of the molecule is C[C@@H]1C[C@@H]1C(=O)N1CCC[C@H](c2nc3ccccc3cc2C(N)=O)C1. The Bertz CT molecular complexity index is 848. The Kier molecular flexibility index (Phi) is 3.94. The van der Waals surface area contributed by atoms with Crippen LogP contribution in [0.15, 0.2) is 30.3 Å². The lowest BCUT2D eigenvalue weighted by Crippen LogP contribution is -2.40. The molecule has 0 radical (unpaired) electrons. The van der Waals surface area contributed by atoms with Crippen molar-refractivity contribution in [3.05, 3.63) is 41.6 Å². The van der Waals surface area contributed by atoms with Gasteiger partial charge in [-0.15, -0.1) is 0 Å². The van der Waals surface area contributed by atoms with Crippen LogP contribution >= 0.6 is 0 Å². The molecule has 1 aromatic carbocycles. The Labute approximate surface area is 147 Å². The molecule has 0 bridgehead atoms. The lowest BCUT2D eigenvalue weighted by molar-refractivity contribution is -0.134. The molecule has 1 aliphatic heterocycles. The number of para-hydroxylation sites is 1. The third-order valence-corrected chi connectivity index (χ3v) is 5.57. The third-order valence-electron chi connectivity index (χ3n) is 5.57. The molecule has 1 saturated carbocycles. The van der Waals surface area contributed by atoms with Gasteiger partial charge in [0.25, 0.3) is 5.91 Å². The third kappa shape index (κ3) is 2.99. The highest BCUT2D eigenvalue weighted by Crippen LogP contribution is 2.40. The molecule has 2 fully saturated rings. The molecule has 2 heterocycles. The van der Waals surface area contributed by atoms with Gasteiger partial charge in [0.1, 0.15) is 0 Å². The van der Waals surface area contributed by atoms with Crippen molar-refractivity contribution >= 4 is 22.7 Å². The highest BCUT2D eigenvalue weighted by molar-refractivity contribution is 5.97. The minimum absolute atomic E-state index is 0.0684. The fourth-order valence-electron chi connectivity index (χ4n) is 3.94. The topological polar surface area (TPSA) is 76.3 Å². The van der Waals surface area contributed by atoms with E-state index in [4.69, 9.17) is 10.7 Å². The zero-order valence-electron chi connectivity index (χ0n) is 14.4. The van der Waals surface area contributed by atoms with E-state index in [2.05, 4.69) is 6.92 Å². The van der Waals surface area contributed by atoms with Gasteiger partial charge in [0, 0.05) is 30.3 Å². The Hall–Kier alpha value is -2.43. The van der Waals surface area contributed by atoms with Crippen molar-refractivity contribution in [2.75, 3.05) is 13.1 Å². The summed E-state index contributed by atoms with van der Waals surface area (Å²) >= 11 is 0. The number of carbonyl (C=O) groups excluding carboxylic acids is 2. The normalized spacial score (nSPS) is 25.8. The van der Waals surface area contributed by atoms with Gasteiger partial charge >= 0.3 is 0 Å². The van der Waals surface area contributed by atoms with E-state index < -0.39 is 5.91 Å². The van der Waals surface area contributed by atoms with Gasteiger partial charge in [-0.3, -0.25) is 14.6 Å². The average Bonchev–Trinajstić information content (AvgIpc) is 3.36. The summed E-state index contributed by atoms with van der Waals surface area (Å²) < 4.78 is 0. The summed E-state index contributed by atoms with van der Waals surface area (Å²) in [5.74, 6) is 0.580. The van der Waals surface area contributed by atoms with Gasteiger partial charge in [0.05, 0.1) is 16.8 Å². The molecule has 1 aromatic heterocycles. The van der Waals surface area contributed by atoms with Crippen LogP contribution in [0.1, 0.15) is 48.2 Å². The van der Waals surface area contributed by atoms with Crippen molar-refractivity contribution in [3.8, 4) is 0 Å². The Morgan fingerprint density at radius 1 is 1.28 bits per heavy atom. The maximum atomic E-state index is 12.6.